The summed E-state index contributed by atoms with van der Waals surface area (Å²) in [6, 6.07) is 3.55. The molecular formula is C13H20N2O5S. The molecule has 0 fully saturated rings. The number of likely N-dealkylation sites (N-methyl/N-ethyl adjacent to an activating group) is 1. The molecule has 1 rings (SSSR count). The molecule has 0 unspecified atom stereocenters. The van der Waals surface area contributed by atoms with Crippen LogP contribution in [0.25, 0.3) is 0 Å². The molecule has 0 aromatic heterocycles. The molecule has 1 aromatic rings. The van der Waals surface area contributed by atoms with Gasteiger partial charge in [-0.2, -0.15) is 4.31 Å². The first-order chi connectivity index (χ1) is 9.66. The van der Waals surface area contributed by atoms with Gasteiger partial charge in [0.1, 0.15) is 4.90 Å². The van der Waals surface area contributed by atoms with Crippen molar-refractivity contribution < 1.29 is 23.1 Å². The molecule has 0 bridgehead atoms. The standard InChI is InChI=1S/C13H20N2O5S/c1-9(2)20-7-6-15(3)21(18,19)12-5-4-10(13(16)17)8-11(12)14/h4-5,8-9H,6-7,14H2,1-3H3,(H,16,17). The number of carbonyl (C=O) groups is 1. The molecule has 3 N–H and O–H groups in total. The molecule has 0 aliphatic heterocycles. The Balaban J connectivity index is 2.94. The number of nitrogens with two attached hydrogens (primary N) is 1. The Bertz CT molecular complexity index is 613. The van der Waals surface area contributed by atoms with Crippen LogP contribution in [0.3, 0.4) is 0 Å². The fourth-order valence-electron chi connectivity index (χ4n) is 1.62. The second-order valence-electron chi connectivity index (χ2n) is 4.80. The van der Waals surface area contributed by atoms with Gasteiger partial charge in [-0.15, -0.1) is 0 Å². The summed E-state index contributed by atoms with van der Waals surface area (Å²) in [5.41, 5.74) is 5.51. The van der Waals surface area contributed by atoms with Crippen molar-refractivity contribution in [2.24, 2.45) is 0 Å². The van der Waals surface area contributed by atoms with Gasteiger partial charge in [0, 0.05) is 13.6 Å². The molecule has 0 saturated heterocycles. The van der Waals surface area contributed by atoms with Crippen LogP contribution in [0.1, 0.15) is 24.2 Å². The van der Waals surface area contributed by atoms with E-state index in [4.69, 9.17) is 15.6 Å². The van der Waals surface area contributed by atoms with Gasteiger partial charge in [0.25, 0.3) is 0 Å². The van der Waals surface area contributed by atoms with E-state index in [9.17, 15) is 13.2 Å². The van der Waals surface area contributed by atoms with E-state index in [1.807, 2.05) is 13.8 Å². The van der Waals surface area contributed by atoms with Crippen LogP contribution < -0.4 is 5.73 Å². The van der Waals surface area contributed by atoms with E-state index < -0.39 is 16.0 Å². The summed E-state index contributed by atoms with van der Waals surface area (Å²) < 4.78 is 31.1. The third-order valence-corrected chi connectivity index (χ3v) is 4.73. The molecule has 0 aliphatic carbocycles. The van der Waals surface area contributed by atoms with Crippen LogP contribution in [0.5, 0.6) is 0 Å². The summed E-state index contributed by atoms with van der Waals surface area (Å²) in [5, 5.41) is 8.85. The van der Waals surface area contributed by atoms with Crippen LogP contribution in [-0.4, -0.2) is 50.1 Å². The molecule has 21 heavy (non-hydrogen) atoms. The van der Waals surface area contributed by atoms with Gasteiger partial charge in [-0.1, -0.05) is 0 Å². The summed E-state index contributed by atoms with van der Waals surface area (Å²) in [6.07, 6.45) is 0.0148. The number of rotatable bonds is 7. The highest BCUT2D eigenvalue weighted by Gasteiger charge is 2.23. The highest BCUT2D eigenvalue weighted by atomic mass is 32.2. The Morgan fingerprint density at radius 2 is 2.05 bits per heavy atom. The quantitative estimate of drug-likeness (QED) is 0.727. The van der Waals surface area contributed by atoms with Crippen molar-refractivity contribution in [3.05, 3.63) is 23.8 Å². The molecule has 1 aromatic carbocycles. The van der Waals surface area contributed by atoms with Crippen LogP contribution >= 0.6 is 0 Å². The van der Waals surface area contributed by atoms with Crippen molar-refractivity contribution in [2.45, 2.75) is 24.8 Å². The Labute approximate surface area is 124 Å². The summed E-state index contributed by atoms with van der Waals surface area (Å²) >= 11 is 0. The van der Waals surface area contributed by atoms with E-state index in [0.717, 1.165) is 10.4 Å². The smallest absolute Gasteiger partial charge is 0.335 e. The molecular weight excluding hydrogens is 296 g/mol. The lowest BCUT2D eigenvalue weighted by Crippen LogP contribution is -2.31. The largest absolute Gasteiger partial charge is 0.478 e. The van der Waals surface area contributed by atoms with E-state index in [-0.39, 0.29) is 35.4 Å². The lowest BCUT2D eigenvalue weighted by atomic mass is 10.2. The fraction of sp³-hybridized carbons (Fsp3) is 0.462. The Kier molecular flexibility index (Phi) is 5.70. The highest BCUT2D eigenvalue weighted by Crippen LogP contribution is 2.22. The van der Waals surface area contributed by atoms with Gasteiger partial charge in [0.05, 0.1) is 24.0 Å². The zero-order valence-corrected chi connectivity index (χ0v) is 13.1. The maximum atomic E-state index is 12.4. The monoisotopic (exact) mass is 316 g/mol. The third-order valence-electron chi connectivity index (χ3n) is 2.80. The van der Waals surface area contributed by atoms with Gasteiger partial charge >= 0.3 is 5.97 Å². The number of nitrogens with zero attached hydrogens (tertiary/aromatic N) is 1. The molecule has 8 heteroatoms. The first kappa shape index (κ1) is 17.4. The number of hydrogen-bond acceptors (Lipinski definition) is 5. The average Bonchev–Trinajstić information content (AvgIpc) is 2.37. The second kappa shape index (κ2) is 6.88. The Morgan fingerprint density at radius 3 is 2.52 bits per heavy atom. The van der Waals surface area contributed by atoms with Gasteiger partial charge < -0.3 is 15.6 Å². The lowest BCUT2D eigenvalue weighted by Gasteiger charge is -2.19. The van der Waals surface area contributed by atoms with E-state index in [1.54, 1.807) is 0 Å². The van der Waals surface area contributed by atoms with Crippen molar-refractivity contribution in [1.29, 1.82) is 0 Å². The molecule has 0 heterocycles. The first-order valence-corrected chi connectivity index (χ1v) is 7.81. The number of carboxylic acid groups (broad SMARTS) is 1. The summed E-state index contributed by atoms with van der Waals surface area (Å²) in [7, 11) is -2.35. The predicted molar refractivity (Wildman–Crippen MR) is 78.7 cm³/mol. The van der Waals surface area contributed by atoms with Gasteiger partial charge in [-0.05, 0) is 32.0 Å². The molecule has 0 radical (unpaired) electrons. The molecule has 7 nitrogen and oxygen atoms in total. The minimum atomic E-state index is -3.77. The van der Waals surface area contributed by atoms with E-state index in [0.29, 0.717) is 0 Å². The Morgan fingerprint density at radius 1 is 1.43 bits per heavy atom. The van der Waals surface area contributed by atoms with Gasteiger partial charge in [0.15, 0.2) is 0 Å². The predicted octanol–water partition coefficient (Wildman–Crippen LogP) is 1.01. The number of anilines is 1. The van der Waals surface area contributed by atoms with E-state index in [1.165, 1.54) is 19.2 Å². The number of nitrogen functional groups attached to an aromatic ring is 1. The van der Waals surface area contributed by atoms with Gasteiger partial charge in [0.2, 0.25) is 10.0 Å². The summed E-state index contributed by atoms with van der Waals surface area (Å²) in [4.78, 5) is 10.7. The number of ether oxygens (including phenoxy) is 1. The van der Waals surface area contributed by atoms with Crippen molar-refractivity contribution in [3.63, 3.8) is 0 Å². The number of benzene rings is 1. The second-order valence-corrected chi connectivity index (χ2v) is 6.82. The minimum absolute atomic E-state index is 0.0148. The lowest BCUT2D eigenvalue weighted by molar-refractivity contribution is 0.0696. The number of carboxylic acids is 1. The number of aromatic carboxylic acids is 1. The van der Waals surface area contributed by atoms with Crippen molar-refractivity contribution in [2.75, 3.05) is 25.9 Å². The maximum absolute atomic E-state index is 12.4. The first-order valence-electron chi connectivity index (χ1n) is 6.37. The normalized spacial score (nSPS) is 12.0. The highest BCUT2D eigenvalue weighted by molar-refractivity contribution is 7.89. The number of hydrogen-bond donors (Lipinski definition) is 2. The Hall–Kier alpha value is -1.64. The zero-order chi connectivity index (χ0) is 16.2. The minimum Gasteiger partial charge on any atom is -0.478 e. The van der Waals surface area contributed by atoms with Crippen LogP contribution in [0.2, 0.25) is 0 Å². The van der Waals surface area contributed by atoms with E-state index >= 15 is 0 Å². The number of sulfonamides is 1. The van der Waals surface area contributed by atoms with Crippen molar-refractivity contribution in [3.8, 4) is 0 Å². The molecule has 0 amide bonds. The molecule has 0 saturated carbocycles. The third kappa shape index (κ3) is 4.42. The SMILES string of the molecule is CC(C)OCCN(C)S(=O)(=O)c1ccc(C(=O)O)cc1N. The summed E-state index contributed by atoms with van der Waals surface area (Å²) in [6.45, 7) is 4.16. The van der Waals surface area contributed by atoms with Gasteiger partial charge in [-0.3, -0.25) is 0 Å². The zero-order valence-electron chi connectivity index (χ0n) is 12.2. The maximum Gasteiger partial charge on any atom is 0.335 e. The average molecular weight is 316 g/mol. The fourth-order valence-corrected chi connectivity index (χ4v) is 2.87. The van der Waals surface area contributed by atoms with Crippen LogP contribution in [0.15, 0.2) is 23.1 Å². The van der Waals surface area contributed by atoms with Crippen LogP contribution in [-0.2, 0) is 14.8 Å². The van der Waals surface area contributed by atoms with Crippen LogP contribution in [0, 0.1) is 0 Å². The van der Waals surface area contributed by atoms with Crippen LogP contribution in [0.4, 0.5) is 5.69 Å². The molecule has 0 aliphatic rings. The summed E-state index contributed by atoms with van der Waals surface area (Å²) in [5.74, 6) is -1.16. The topological polar surface area (TPSA) is 110 Å². The molecule has 0 atom stereocenters. The van der Waals surface area contributed by atoms with Gasteiger partial charge in [-0.25, -0.2) is 13.2 Å². The van der Waals surface area contributed by atoms with E-state index in [2.05, 4.69) is 0 Å². The molecule has 0 spiro atoms. The van der Waals surface area contributed by atoms with Crippen molar-refractivity contribution in [1.82, 2.24) is 4.31 Å². The van der Waals surface area contributed by atoms with Crippen molar-refractivity contribution >= 4 is 21.7 Å². The molecule has 118 valence electrons.